The second kappa shape index (κ2) is 16.0. The van der Waals surface area contributed by atoms with E-state index in [1.807, 2.05) is 65.0 Å². The quantitative estimate of drug-likeness (QED) is 0.164. The van der Waals surface area contributed by atoms with Crippen LogP contribution >= 0.6 is 11.6 Å². The van der Waals surface area contributed by atoms with Crippen LogP contribution in [-0.4, -0.2) is 77.2 Å². The van der Waals surface area contributed by atoms with Crippen LogP contribution in [0.5, 0.6) is 11.5 Å². The number of carbonyl (C=O) groups is 1. The Morgan fingerprint density at radius 3 is 2.28 bits per heavy atom. The lowest BCUT2D eigenvalue weighted by Gasteiger charge is -2.47. The highest BCUT2D eigenvalue weighted by atomic mass is 35.5. The number of benzene rings is 2. The predicted octanol–water partition coefficient (Wildman–Crippen LogP) is 5.22. The zero-order chi connectivity index (χ0) is 31.7. The molecule has 43 heavy (non-hydrogen) atoms. The minimum atomic E-state index is -1.37. The summed E-state index contributed by atoms with van der Waals surface area (Å²) in [5, 5.41) is 35.5. The first-order chi connectivity index (χ1) is 20.5. The number of carboxylic acids is 1. The molecule has 0 amide bonds. The van der Waals surface area contributed by atoms with Crippen molar-refractivity contribution in [1.29, 1.82) is 0 Å². The Hall–Kier alpha value is -2.44. The van der Waals surface area contributed by atoms with Crippen molar-refractivity contribution in [2.75, 3.05) is 33.0 Å². The van der Waals surface area contributed by atoms with E-state index in [0.717, 1.165) is 5.56 Å². The molecular formula is C32H47ClN2O8. The number of aliphatic carboxylic acids is 1. The molecule has 0 aliphatic heterocycles. The molecule has 240 valence electrons. The summed E-state index contributed by atoms with van der Waals surface area (Å²) in [4.78, 5) is 14.0. The van der Waals surface area contributed by atoms with E-state index in [1.54, 1.807) is 17.9 Å². The third-order valence-electron chi connectivity index (χ3n) is 7.87. The number of ether oxygens (including phenoxy) is 4. The van der Waals surface area contributed by atoms with Gasteiger partial charge in [0.1, 0.15) is 17.0 Å². The Labute approximate surface area is 259 Å². The van der Waals surface area contributed by atoms with Gasteiger partial charge in [-0.1, -0.05) is 41.9 Å². The van der Waals surface area contributed by atoms with Crippen molar-refractivity contribution in [3.05, 3.63) is 58.1 Å². The molecule has 1 aliphatic rings. The van der Waals surface area contributed by atoms with E-state index in [-0.39, 0.29) is 43.2 Å². The molecule has 0 spiro atoms. The SMILES string of the molecule is CCOc1cc([C@@H](C)N(CCO[C@@H](C)c2ccccc2)C(O)NC2(C(=O)O)CC(OCC)C2)c(Cl)c(OCC)c1C(C)O. The van der Waals surface area contributed by atoms with Crippen LogP contribution in [-0.2, 0) is 14.3 Å². The number of hydrogen-bond donors (Lipinski definition) is 4. The van der Waals surface area contributed by atoms with Gasteiger partial charge in [0, 0.05) is 32.0 Å². The Kier molecular flexibility index (Phi) is 13.1. The highest BCUT2D eigenvalue weighted by Gasteiger charge is 2.52. The van der Waals surface area contributed by atoms with E-state index in [1.165, 1.54) is 0 Å². The lowest BCUT2D eigenvalue weighted by atomic mass is 9.74. The summed E-state index contributed by atoms with van der Waals surface area (Å²) in [7, 11) is 0. The maximum Gasteiger partial charge on any atom is 0.324 e. The van der Waals surface area contributed by atoms with Gasteiger partial charge in [0.25, 0.3) is 0 Å². The molecule has 0 heterocycles. The molecule has 0 saturated heterocycles. The second-order valence-electron chi connectivity index (χ2n) is 10.8. The van der Waals surface area contributed by atoms with Crippen molar-refractivity contribution in [3.63, 3.8) is 0 Å². The first kappa shape index (κ1) is 35.0. The van der Waals surface area contributed by atoms with Gasteiger partial charge in [-0.05, 0) is 58.7 Å². The summed E-state index contributed by atoms with van der Waals surface area (Å²) in [6.45, 7) is 12.6. The van der Waals surface area contributed by atoms with Crippen LogP contribution in [0.3, 0.4) is 0 Å². The van der Waals surface area contributed by atoms with Gasteiger partial charge in [0.15, 0.2) is 6.35 Å². The number of nitrogens with one attached hydrogen (secondary N) is 1. The number of aliphatic hydroxyl groups excluding tert-OH is 2. The zero-order valence-corrected chi connectivity index (χ0v) is 26.8. The molecule has 0 bridgehead atoms. The summed E-state index contributed by atoms with van der Waals surface area (Å²) in [6, 6.07) is 11.0. The van der Waals surface area contributed by atoms with Crippen LogP contribution in [0.1, 0.15) is 89.3 Å². The molecule has 10 nitrogen and oxygen atoms in total. The molecule has 2 aromatic rings. The number of hydrogen-bond acceptors (Lipinski definition) is 9. The fourth-order valence-corrected chi connectivity index (χ4v) is 5.89. The van der Waals surface area contributed by atoms with Crippen molar-refractivity contribution in [2.45, 2.75) is 90.6 Å². The van der Waals surface area contributed by atoms with Crippen molar-refractivity contribution < 1.29 is 39.1 Å². The Morgan fingerprint density at radius 1 is 1.07 bits per heavy atom. The molecule has 2 unspecified atom stereocenters. The molecule has 0 radical (unpaired) electrons. The smallest absolute Gasteiger partial charge is 0.324 e. The highest BCUT2D eigenvalue weighted by molar-refractivity contribution is 6.33. The zero-order valence-electron chi connectivity index (χ0n) is 26.0. The lowest BCUT2D eigenvalue weighted by molar-refractivity contribution is -0.169. The van der Waals surface area contributed by atoms with Crippen LogP contribution in [0.4, 0.5) is 0 Å². The minimum Gasteiger partial charge on any atom is -0.493 e. The second-order valence-corrected chi connectivity index (χ2v) is 11.2. The summed E-state index contributed by atoms with van der Waals surface area (Å²) in [5.74, 6) is -0.325. The third-order valence-corrected chi connectivity index (χ3v) is 8.26. The van der Waals surface area contributed by atoms with Gasteiger partial charge in [0.05, 0.1) is 48.7 Å². The van der Waals surface area contributed by atoms with Crippen molar-refractivity contribution in [1.82, 2.24) is 10.2 Å². The first-order valence-corrected chi connectivity index (χ1v) is 15.4. The fraction of sp³-hybridized carbons (Fsp3) is 0.594. The highest BCUT2D eigenvalue weighted by Crippen LogP contribution is 2.45. The van der Waals surface area contributed by atoms with E-state index in [0.29, 0.717) is 42.4 Å². The van der Waals surface area contributed by atoms with Crippen molar-refractivity contribution >= 4 is 17.6 Å². The number of aliphatic hydroxyl groups is 2. The Morgan fingerprint density at radius 2 is 1.72 bits per heavy atom. The van der Waals surface area contributed by atoms with Crippen LogP contribution in [0.2, 0.25) is 5.02 Å². The van der Waals surface area contributed by atoms with Gasteiger partial charge >= 0.3 is 5.97 Å². The van der Waals surface area contributed by atoms with Gasteiger partial charge in [-0.2, -0.15) is 0 Å². The molecule has 1 saturated carbocycles. The van der Waals surface area contributed by atoms with E-state index in [2.05, 4.69) is 5.32 Å². The average molecular weight is 623 g/mol. The van der Waals surface area contributed by atoms with E-state index >= 15 is 0 Å². The molecule has 4 N–H and O–H groups in total. The van der Waals surface area contributed by atoms with Crippen LogP contribution < -0.4 is 14.8 Å². The molecule has 1 fully saturated rings. The summed E-state index contributed by atoms with van der Waals surface area (Å²) < 4.78 is 23.5. The van der Waals surface area contributed by atoms with Crippen LogP contribution in [0.15, 0.2) is 36.4 Å². The maximum atomic E-state index is 12.3. The molecular weight excluding hydrogens is 576 g/mol. The van der Waals surface area contributed by atoms with E-state index < -0.39 is 30.0 Å². The number of nitrogens with zero attached hydrogens (tertiary/aromatic N) is 1. The summed E-state index contributed by atoms with van der Waals surface area (Å²) >= 11 is 6.93. The maximum absolute atomic E-state index is 12.3. The van der Waals surface area contributed by atoms with Gasteiger partial charge in [-0.25, -0.2) is 0 Å². The van der Waals surface area contributed by atoms with Gasteiger partial charge < -0.3 is 34.3 Å². The standard InChI is InChI=1S/C32H47ClN2O8/c1-7-40-24-18-32(19-24,30(37)38)34-31(39)35(15-16-43-22(6)23-13-11-10-12-14-23)20(4)25-17-26(41-8-2)27(21(5)36)29(28(25)33)42-9-3/h10-14,17,20-22,24,31,34,36,39H,7-9,15-16,18-19H2,1-6H3,(H,37,38)/t20-,21?,22+,24?,31?,32?/m1/s1. The summed E-state index contributed by atoms with van der Waals surface area (Å²) in [6.07, 6.45) is -2.23. The first-order valence-electron chi connectivity index (χ1n) is 15.0. The number of rotatable bonds is 18. The molecule has 0 aromatic heterocycles. The number of carboxylic acid groups (broad SMARTS) is 1. The summed E-state index contributed by atoms with van der Waals surface area (Å²) in [5.41, 5.74) is 0.695. The van der Waals surface area contributed by atoms with Crippen LogP contribution in [0.25, 0.3) is 0 Å². The largest absolute Gasteiger partial charge is 0.493 e. The van der Waals surface area contributed by atoms with Crippen molar-refractivity contribution in [3.8, 4) is 11.5 Å². The average Bonchev–Trinajstić information content (AvgIpc) is 2.95. The Bertz CT molecular complexity index is 1180. The van der Waals surface area contributed by atoms with Crippen LogP contribution in [0, 0.1) is 0 Å². The van der Waals surface area contributed by atoms with Gasteiger partial charge in [-0.3, -0.25) is 15.0 Å². The fourth-order valence-electron chi connectivity index (χ4n) is 5.52. The Balaban J connectivity index is 1.96. The van der Waals surface area contributed by atoms with Gasteiger partial charge in [0.2, 0.25) is 0 Å². The molecule has 2 aromatic carbocycles. The molecule has 1 aliphatic carbocycles. The minimum absolute atomic E-state index is 0.199. The monoisotopic (exact) mass is 622 g/mol. The molecule has 3 rings (SSSR count). The predicted molar refractivity (Wildman–Crippen MR) is 165 cm³/mol. The van der Waals surface area contributed by atoms with Crippen molar-refractivity contribution in [2.24, 2.45) is 0 Å². The number of halogens is 1. The van der Waals surface area contributed by atoms with E-state index in [4.69, 9.17) is 30.5 Å². The molecule has 11 heteroatoms. The van der Waals surface area contributed by atoms with E-state index in [9.17, 15) is 20.1 Å². The van der Waals surface area contributed by atoms with Gasteiger partial charge in [-0.15, -0.1) is 0 Å². The third kappa shape index (κ3) is 8.39. The molecule has 4 atom stereocenters. The lowest BCUT2D eigenvalue weighted by Crippen LogP contribution is -2.68. The topological polar surface area (TPSA) is 130 Å². The normalized spacial score (nSPS) is 21.1.